The van der Waals surface area contributed by atoms with Gasteiger partial charge in [-0.2, -0.15) is 5.10 Å². The maximum atomic E-state index is 12.7. The minimum Gasteiger partial charge on any atom is -0.507 e. The lowest BCUT2D eigenvalue weighted by molar-refractivity contribution is -0.384. The van der Waals surface area contributed by atoms with Crippen molar-refractivity contribution in [3.63, 3.8) is 0 Å². The maximum absolute atomic E-state index is 12.7. The van der Waals surface area contributed by atoms with E-state index in [2.05, 4.69) is 15.2 Å². The molecule has 0 atom stereocenters. The molecule has 0 bridgehead atoms. The van der Waals surface area contributed by atoms with Crippen LogP contribution in [0.2, 0.25) is 0 Å². The summed E-state index contributed by atoms with van der Waals surface area (Å²) in [5, 5.41) is 25.1. The third kappa shape index (κ3) is 5.17. The van der Waals surface area contributed by atoms with Crippen molar-refractivity contribution in [2.24, 2.45) is 5.10 Å². The molecule has 3 rings (SSSR count). The Bertz CT molecular complexity index is 1270. The monoisotopic (exact) mass is 440 g/mol. The number of nitrogens with one attached hydrogen (secondary N) is 2. The van der Waals surface area contributed by atoms with Gasteiger partial charge in [-0.25, -0.2) is 8.42 Å². The Morgan fingerprint density at radius 2 is 1.74 bits per heavy atom. The first kappa shape index (κ1) is 21.8. The molecule has 3 aromatic carbocycles. The van der Waals surface area contributed by atoms with Gasteiger partial charge in [0, 0.05) is 11.6 Å². The first-order valence-electron chi connectivity index (χ1n) is 9.13. The second-order valence-corrected chi connectivity index (χ2v) is 8.47. The summed E-state index contributed by atoms with van der Waals surface area (Å²) in [7, 11) is -4.04. The minimum absolute atomic E-state index is 0.00136. The second kappa shape index (κ2) is 8.84. The fourth-order valence-electron chi connectivity index (χ4n) is 2.82. The van der Waals surface area contributed by atoms with Crippen LogP contribution in [0.15, 0.2) is 70.7 Å². The molecule has 0 saturated heterocycles. The van der Waals surface area contributed by atoms with Crippen LogP contribution in [0.4, 0.5) is 17.1 Å². The SMILES string of the molecule is Cc1ccc(NS(=O)(=O)c2ccc(NN=Cc3ccccc3O)c([N+](=O)[O-])c2)c(C)c1. The molecule has 0 amide bonds. The summed E-state index contributed by atoms with van der Waals surface area (Å²) in [6.07, 6.45) is 1.30. The van der Waals surface area contributed by atoms with Crippen LogP contribution in [0.1, 0.15) is 16.7 Å². The highest BCUT2D eigenvalue weighted by atomic mass is 32.2. The van der Waals surface area contributed by atoms with Gasteiger partial charge in [-0.3, -0.25) is 20.3 Å². The van der Waals surface area contributed by atoms with E-state index >= 15 is 0 Å². The number of nitrogens with zero attached hydrogens (tertiary/aromatic N) is 2. The van der Waals surface area contributed by atoms with E-state index in [1.165, 1.54) is 24.4 Å². The van der Waals surface area contributed by atoms with E-state index in [0.717, 1.165) is 17.2 Å². The fourth-order valence-corrected chi connectivity index (χ4v) is 3.97. The van der Waals surface area contributed by atoms with Gasteiger partial charge in [0.15, 0.2) is 0 Å². The number of anilines is 2. The number of nitro groups is 1. The van der Waals surface area contributed by atoms with Gasteiger partial charge < -0.3 is 5.11 Å². The van der Waals surface area contributed by atoms with Gasteiger partial charge in [0.1, 0.15) is 11.4 Å². The van der Waals surface area contributed by atoms with Crippen molar-refractivity contribution in [1.82, 2.24) is 0 Å². The van der Waals surface area contributed by atoms with Crippen LogP contribution in [0.3, 0.4) is 0 Å². The molecule has 0 aromatic heterocycles. The highest BCUT2D eigenvalue weighted by Gasteiger charge is 2.22. The number of hydrogen-bond donors (Lipinski definition) is 3. The van der Waals surface area contributed by atoms with E-state index in [-0.39, 0.29) is 16.3 Å². The zero-order chi connectivity index (χ0) is 22.6. The van der Waals surface area contributed by atoms with Crippen molar-refractivity contribution in [1.29, 1.82) is 0 Å². The van der Waals surface area contributed by atoms with Gasteiger partial charge in [0.05, 0.1) is 21.7 Å². The van der Waals surface area contributed by atoms with Gasteiger partial charge in [-0.15, -0.1) is 0 Å². The molecule has 0 radical (unpaired) electrons. The molecule has 0 heterocycles. The normalized spacial score (nSPS) is 11.4. The van der Waals surface area contributed by atoms with Crippen LogP contribution in [0.5, 0.6) is 5.75 Å². The average molecular weight is 440 g/mol. The molecule has 0 aliphatic rings. The minimum atomic E-state index is -4.04. The number of nitro benzene ring substituents is 1. The molecule has 0 fully saturated rings. The van der Waals surface area contributed by atoms with Crippen LogP contribution < -0.4 is 10.1 Å². The highest BCUT2D eigenvalue weighted by Crippen LogP contribution is 2.29. The number of phenols is 1. The summed E-state index contributed by atoms with van der Waals surface area (Å²) in [6.45, 7) is 3.66. The molecule has 0 aliphatic heterocycles. The maximum Gasteiger partial charge on any atom is 0.295 e. The van der Waals surface area contributed by atoms with Gasteiger partial charge in [0.2, 0.25) is 0 Å². The van der Waals surface area contributed by atoms with Crippen molar-refractivity contribution in [2.75, 3.05) is 10.1 Å². The third-order valence-electron chi connectivity index (χ3n) is 4.43. The molecule has 0 spiro atoms. The van der Waals surface area contributed by atoms with Crippen molar-refractivity contribution < 1.29 is 18.4 Å². The van der Waals surface area contributed by atoms with Crippen LogP contribution in [0.25, 0.3) is 0 Å². The summed E-state index contributed by atoms with van der Waals surface area (Å²) >= 11 is 0. The molecule has 3 N–H and O–H groups in total. The Labute approximate surface area is 179 Å². The number of aromatic hydroxyl groups is 1. The largest absolute Gasteiger partial charge is 0.507 e. The number of benzene rings is 3. The first-order valence-corrected chi connectivity index (χ1v) is 10.6. The number of hydrazone groups is 1. The van der Waals surface area contributed by atoms with Crippen molar-refractivity contribution in [3.05, 3.63) is 87.5 Å². The predicted molar refractivity (Wildman–Crippen MR) is 119 cm³/mol. The number of para-hydroxylation sites is 1. The van der Waals surface area contributed by atoms with Gasteiger partial charge in [-0.1, -0.05) is 29.8 Å². The zero-order valence-corrected chi connectivity index (χ0v) is 17.6. The Balaban J connectivity index is 1.87. The lowest BCUT2D eigenvalue weighted by Crippen LogP contribution is -2.14. The van der Waals surface area contributed by atoms with Gasteiger partial charge >= 0.3 is 0 Å². The van der Waals surface area contributed by atoms with E-state index in [0.29, 0.717) is 11.3 Å². The molecule has 10 heteroatoms. The van der Waals surface area contributed by atoms with Crippen LogP contribution >= 0.6 is 0 Å². The summed E-state index contributed by atoms with van der Waals surface area (Å²) < 4.78 is 28.0. The van der Waals surface area contributed by atoms with Crippen molar-refractivity contribution in [2.45, 2.75) is 18.7 Å². The highest BCUT2D eigenvalue weighted by molar-refractivity contribution is 7.92. The van der Waals surface area contributed by atoms with Crippen LogP contribution in [0, 0.1) is 24.0 Å². The molecule has 0 saturated carbocycles. The standard InChI is InChI=1S/C21H20N4O5S/c1-14-7-9-18(15(2)11-14)24-31(29,30)17-8-10-19(20(12-17)25(27)28)23-22-13-16-5-3-4-6-21(16)26/h3-13,23-24,26H,1-2H3. The lowest BCUT2D eigenvalue weighted by atomic mass is 10.1. The van der Waals surface area contributed by atoms with Gasteiger partial charge in [0.25, 0.3) is 15.7 Å². The van der Waals surface area contributed by atoms with Gasteiger partial charge in [-0.05, 0) is 49.7 Å². The number of sulfonamides is 1. The first-order chi connectivity index (χ1) is 14.7. The number of aryl methyl sites for hydroxylation is 2. The van der Waals surface area contributed by atoms with E-state index in [4.69, 9.17) is 0 Å². The lowest BCUT2D eigenvalue weighted by Gasteiger charge is -2.12. The number of phenolic OH excluding ortho intramolecular Hbond substituents is 1. The van der Waals surface area contributed by atoms with Crippen molar-refractivity contribution >= 4 is 33.3 Å². The molecule has 0 unspecified atom stereocenters. The average Bonchev–Trinajstić information content (AvgIpc) is 2.71. The molecule has 31 heavy (non-hydrogen) atoms. The molecule has 3 aromatic rings. The van der Waals surface area contributed by atoms with E-state index < -0.39 is 20.6 Å². The van der Waals surface area contributed by atoms with Crippen LogP contribution in [-0.2, 0) is 10.0 Å². The summed E-state index contributed by atoms with van der Waals surface area (Å²) in [5.41, 5.74) is 4.57. The smallest absolute Gasteiger partial charge is 0.295 e. The fraction of sp³-hybridized carbons (Fsp3) is 0.0952. The Morgan fingerprint density at radius 1 is 1.03 bits per heavy atom. The summed E-state index contributed by atoms with van der Waals surface area (Å²) in [5.74, 6) is 0.00136. The molecular formula is C21H20N4O5S. The zero-order valence-electron chi connectivity index (χ0n) is 16.7. The third-order valence-corrected chi connectivity index (χ3v) is 5.79. The molecule has 0 aliphatic carbocycles. The summed E-state index contributed by atoms with van der Waals surface area (Å²) in [4.78, 5) is 10.5. The Kier molecular flexibility index (Phi) is 6.21. The number of rotatable bonds is 7. The topological polar surface area (TPSA) is 134 Å². The van der Waals surface area contributed by atoms with E-state index in [1.54, 1.807) is 37.3 Å². The number of hydrogen-bond acceptors (Lipinski definition) is 7. The predicted octanol–water partition coefficient (Wildman–Crippen LogP) is 4.16. The molecule has 9 nitrogen and oxygen atoms in total. The summed E-state index contributed by atoms with van der Waals surface area (Å²) in [6, 6.07) is 15.1. The quantitative estimate of drug-likeness (QED) is 0.287. The van der Waals surface area contributed by atoms with E-state index in [1.807, 2.05) is 13.0 Å². The molecule has 160 valence electrons. The Morgan fingerprint density at radius 3 is 2.42 bits per heavy atom. The van der Waals surface area contributed by atoms with Crippen LogP contribution in [-0.4, -0.2) is 24.7 Å². The van der Waals surface area contributed by atoms with Crippen molar-refractivity contribution in [3.8, 4) is 5.75 Å². The Hall–Kier alpha value is -3.92. The van der Waals surface area contributed by atoms with E-state index in [9.17, 15) is 23.6 Å². The molecular weight excluding hydrogens is 420 g/mol. The second-order valence-electron chi connectivity index (χ2n) is 6.79.